The number of nitrogens with zero attached hydrogens (tertiary/aromatic N) is 5. The largest absolute Gasteiger partial charge is 0.493 e. The van der Waals surface area contributed by atoms with Gasteiger partial charge in [-0.1, -0.05) is 13.8 Å². The lowest BCUT2D eigenvalue weighted by Crippen LogP contribution is -2.30. The fraction of sp³-hybridized carbons (Fsp3) is 0.423. The monoisotopic (exact) mass is 476 g/mol. The number of methoxy groups -OCH3 is 2. The Morgan fingerprint density at radius 1 is 1.11 bits per heavy atom. The van der Waals surface area contributed by atoms with E-state index in [0.29, 0.717) is 30.1 Å². The number of rotatable bonds is 9. The molecule has 0 atom stereocenters. The first-order valence-electron chi connectivity index (χ1n) is 12.1. The number of ether oxygens (including phenoxy) is 2. The third-order valence-corrected chi connectivity index (χ3v) is 6.69. The molecule has 0 fully saturated rings. The van der Waals surface area contributed by atoms with E-state index in [4.69, 9.17) is 29.0 Å². The van der Waals surface area contributed by atoms with Crippen LogP contribution in [0.2, 0.25) is 0 Å². The summed E-state index contributed by atoms with van der Waals surface area (Å²) >= 11 is 0. The Hall–Kier alpha value is -3.59. The van der Waals surface area contributed by atoms with Crippen LogP contribution < -0.4 is 14.8 Å². The zero-order valence-electron chi connectivity index (χ0n) is 20.7. The molecule has 184 valence electrons. The van der Waals surface area contributed by atoms with Gasteiger partial charge < -0.3 is 19.2 Å². The second kappa shape index (κ2) is 9.95. The first-order valence-corrected chi connectivity index (χ1v) is 12.1. The van der Waals surface area contributed by atoms with Crippen molar-refractivity contribution in [2.75, 3.05) is 26.1 Å². The highest BCUT2D eigenvalue weighted by Crippen LogP contribution is 2.34. The predicted molar refractivity (Wildman–Crippen MR) is 134 cm³/mol. The maximum atomic E-state index is 5.57. The van der Waals surface area contributed by atoms with E-state index in [1.54, 1.807) is 20.5 Å². The molecule has 0 saturated carbocycles. The van der Waals surface area contributed by atoms with Crippen molar-refractivity contribution in [2.24, 2.45) is 0 Å². The molecule has 1 aliphatic heterocycles. The quantitative estimate of drug-likeness (QED) is 0.376. The van der Waals surface area contributed by atoms with Gasteiger partial charge in [-0.25, -0.2) is 9.97 Å². The second-order valence-corrected chi connectivity index (χ2v) is 8.85. The molecule has 0 saturated heterocycles. The van der Waals surface area contributed by atoms with Crippen molar-refractivity contribution in [3.63, 3.8) is 0 Å². The number of benzene rings is 1. The summed E-state index contributed by atoms with van der Waals surface area (Å²) in [6.07, 6.45) is 6.51. The molecule has 3 aromatic heterocycles. The van der Waals surface area contributed by atoms with Gasteiger partial charge in [0.25, 0.3) is 0 Å². The molecule has 0 unspecified atom stereocenters. The number of fused-ring (bicyclic) bond motifs is 2. The van der Waals surface area contributed by atoms with Crippen LogP contribution in [0.4, 0.5) is 5.95 Å². The Morgan fingerprint density at radius 3 is 2.57 bits per heavy atom. The van der Waals surface area contributed by atoms with Crippen LogP contribution in [0.3, 0.4) is 0 Å². The highest BCUT2D eigenvalue weighted by atomic mass is 16.5. The molecule has 1 aliphatic rings. The highest BCUT2D eigenvalue weighted by Gasteiger charge is 2.23. The molecule has 35 heavy (non-hydrogen) atoms. The molecule has 4 aromatic rings. The molecule has 0 bridgehead atoms. The van der Waals surface area contributed by atoms with Crippen LogP contribution in [0.15, 0.2) is 41.1 Å². The average Bonchev–Trinajstić information content (AvgIpc) is 3.58. The lowest BCUT2D eigenvalue weighted by Gasteiger charge is -2.29. The smallest absolute Gasteiger partial charge is 0.226 e. The van der Waals surface area contributed by atoms with E-state index in [0.717, 1.165) is 55.1 Å². The van der Waals surface area contributed by atoms with Crippen LogP contribution in [-0.4, -0.2) is 51.3 Å². The summed E-state index contributed by atoms with van der Waals surface area (Å²) < 4.78 is 18.4. The SMILES string of the molecule is CCC(CC)Nc1ncc(CN2CCc3cc(OC)c(OC)cc3C2)c2nc(-c3ccco3)nn12. The van der Waals surface area contributed by atoms with Crippen LogP contribution in [0.1, 0.15) is 43.4 Å². The molecule has 0 amide bonds. The normalized spacial score (nSPS) is 13.9. The summed E-state index contributed by atoms with van der Waals surface area (Å²) in [4.78, 5) is 12.0. The van der Waals surface area contributed by atoms with Crippen LogP contribution in [0.5, 0.6) is 11.5 Å². The van der Waals surface area contributed by atoms with Crippen molar-refractivity contribution in [3.05, 3.63) is 53.4 Å². The molecule has 5 rings (SSSR count). The summed E-state index contributed by atoms with van der Waals surface area (Å²) in [6, 6.07) is 8.22. The minimum absolute atomic E-state index is 0.318. The van der Waals surface area contributed by atoms with Gasteiger partial charge in [0.1, 0.15) is 0 Å². The molecule has 9 nitrogen and oxygen atoms in total. The first kappa shape index (κ1) is 23.2. The van der Waals surface area contributed by atoms with Gasteiger partial charge >= 0.3 is 0 Å². The predicted octanol–water partition coefficient (Wildman–Crippen LogP) is 4.56. The maximum Gasteiger partial charge on any atom is 0.226 e. The standard InChI is InChI=1S/C26H32N6O3/c1-5-20(6-2)28-26-27-14-19(25-29-24(30-32(25)26)21-8-7-11-35-21)16-31-10-9-17-12-22(33-3)23(34-4)13-18(17)15-31/h7-8,11-14,20H,5-6,9-10,15-16H2,1-4H3,(H,27,28). The number of anilines is 1. The van der Waals surface area contributed by atoms with Gasteiger partial charge in [-0.05, 0) is 54.7 Å². The van der Waals surface area contributed by atoms with Gasteiger partial charge in [0.05, 0.1) is 20.5 Å². The fourth-order valence-corrected chi connectivity index (χ4v) is 4.63. The molecule has 4 heterocycles. The summed E-state index contributed by atoms with van der Waals surface area (Å²) in [7, 11) is 3.35. The van der Waals surface area contributed by atoms with Crippen LogP contribution in [0, 0.1) is 0 Å². The number of aromatic nitrogens is 4. The molecule has 1 aromatic carbocycles. The van der Waals surface area contributed by atoms with E-state index in [2.05, 4.69) is 36.2 Å². The third kappa shape index (κ3) is 4.55. The number of furan rings is 1. The third-order valence-electron chi connectivity index (χ3n) is 6.69. The van der Waals surface area contributed by atoms with E-state index in [9.17, 15) is 0 Å². The summed E-state index contributed by atoms with van der Waals surface area (Å²) in [5.74, 6) is 3.43. The van der Waals surface area contributed by atoms with Crippen molar-refractivity contribution in [2.45, 2.75) is 52.2 Å². The Labute approximate surface area is 205 Å². The van der Waals surface area contributed by atoms with Gasteiger partial charge in [0, 0.05) is 37.4 Å². The van der Waals surface area contributed by atoms with E-state index in [1.165, 1.54) is 11.1 Å². The lowest BCUT2D eigenvalue weighted by molar-refractivity contribution is 0.244. The first-order chi connectivity index (χ1) is 17.1. The van der Waals surface area contributed by atoms with E-state index >= 15 is 0 Å². The van der Waals surface area contributed by atoms with Gasteiger partial charge in [0.2, 0.25) is 11.8 Å². The van der Waals surface area contributed by atoms with Crippen molar-refractivity contribution >= 4 is 11.6 Å². The fourth-order valence-electron chi connectivity index (χ4n) is 4.63. The van der Waals surface area contributed by atoms with Gasteiger partial charge in [0.15, 0.2) is 22.9 Å². The molecule has 0 spiro atoms. The van der Waals surface area contributed by atoms with E-state index in [-0.39, 0.29) is 0 Å². The van der Waals surface area contributed by atoms with Gasteiger partial charge in [-0.3, -0.25) is 4.90 Å². The zero-order valence-corrected chi connectivity index (χ0v) is 20.7. The zero-order chi connectivity index (χ0) is 24.4. The van der Waals surface area contributed by atoms with Crippen LogP contribution >= 0.6 is 0 Å². The van der Waals surface area contributed by atoms with Crippen molar-refractivity contribution in [3.8, 4) is 23.1 Å². The van der Waals surface area contributed by atoms with E-state index in [1.807, 2.05) is 22.8 Å². The maximum absolute atomic E-state index is 5.57. The Morgan fingerprint density at radius 2 is 1.89 bits per heavy atom. The number of hydrogen-bond acceptors (Lipinski definition) is 8. The second-order valence-electron chi connectivity index (χ2n) is 8.85. The minimum Gasteiger partial charge on any atom is -0.493 e. The Balaban J connectivity index is 1.46. The average molecular weight is 477 g/mol. The molecular weight excluding hydrogens is 444 g/mol. The lowest BCUT2D eigenvalue weighted by atomic mass is 9.98. The molecule has 0 radical (unpaired) electrons. The highest BCUT2D eigenvalue weighted by molar-refractivity contribution is 5.58. The number of hydrogen-bond donors (Lipinski definition) is 1. The molecule has 1 N–H and O–H groups in total. The van der Waals surface area contributed by atoms with Crippen LogP contribution in [0.25, 0.3) is 17.2 Å². The molecular formula is C26H32N6O3. The Kier molecular flexibility index (Phi) is 6.59. The Bertz CT molecular complexity index is 1300. The van der Waals surface area contributed by atoms with Gasteiger partial charge in [-0.15, -0.1) is 5.10 Å². The van der Waals surface area contributed by atoms with Crippen molar-refractivity contribution in [1.82, 2.24) is 24.5 Å². The summed E-state index contributed by atoms with van der Waals surface area (Å²) in [6.45, 7) is 6.80. The van der Waals surface area contributed by atoms with Crippen molar-refractivity contribution < 1.29 is 13.9 Å². The van der Waals surface area contributed by atoms with Crippen LogP contribution in [-0.2, 0) is 19.5 Å². The molecule has 0 aliphatic carbocycles. The number of nitrogens with one attached hydrogen (secondary N) is 1. The van der Waals surface area contributed by atoms with Gasteiger partial charge in [-0.2, -0.15) is 4.52 Å². The van der Waals surface area contributed by atoms with E-state index < -0.39 is 0 Å². The molecule has 9 heteroatoms. The summed E-state index contributed by atoms with van der Waals surface area (Å²) in [5, 5.41) is 8.27. The minimum atomic E-state index is 0.318. The van der Waals surface area contributed by atoms with Crippen molar-refractivity contribution in [1.29, 1.82) is 0 Å². The summed E-state index contributed by atoms with van der Waals surface area (Å²) in [5.41, 5.74) is 4.37. The topological polar surface area (TPSA) is 90.0 Å².